The van der Waals surface area contributed by atoms with Crippen molar-refractivity contribution in [3.8, 4) is 0 Å². The lowest BCUT2D eigenvalue weighted by molar-refractivity contribution is -0.00869. The monoisotopic (exact) mass is 150 g/mol. The van der Waals surface area contributed by atoms with Gasteiger partial charge in [-0.15, -0.1) is 0 Å². The van der Waals surface area contributed by atoms with Gasteiger partial charge < -0.3 is 15.3 Å². The van der Waals surface area contributed by atoms with Crippen LogP contribution in [0, 0.1) is 0 Å². The molecule has 0 spiro atoms. The van der Waals surface area contributed by atoms with Crippen LogP contribution in [-0.2, 0) is 0 Å². The molecule has 9 heavy (non-hydrogen) atoms. The second kappa shape index (κ2) is 2.27. The highest BCUT2D eigenvalue weighted by atomic mass is 35.5. The Hall–Kier alpha value is -0.0900. The van der Waals surface area contributed by atoms with Gasteiger partial charge in [0.15, 0.2) is 0 Å². The van der Waals surface area contributed by atoms with Crippen LogP contribution in [0.5, 0.6) is 0 Å². The van der Waals surface area contributed by atoms with Crippen LogP contribution in [0.4, 0.5) is 0 Å². The van der Waals surface area contributed by atoms with Crippen LogP contribution in [0.15, 0.2) is 11.1 Å². The zero-order chi connectivity index (χ0) is 7.02. The molecule has 52 valence electrons. The number of aliphatic hydroxyl groups is 3. The molecule has 3 atom stereocenters. The molecule has 0 saturated heterocycles. The third kappa shape index (κ3) is 1.09. The second-order valence-electron chi connectivity index (χ2n) is 1.98. The molecule has 0 aromatic heterocycles. The Bertz CT molecular complexity index is 145. The number of aliphatic hydroxyl groups excluding tert-OH is 3. The Balaban J connectivity index is 2.70. The van der Waals surface area contributed by atoms with Crippen LogP contribution in [0.3, 0.4) is 0 Å². The summed E-state index contributed by atoms with van der Waals surface area (Å²) in [6.07, 6.45) is -2.07. The Labute approximate surface area is 57.2 Å². The number of rotatable bonds is 0. The van der Waals surface area contributed by atoms with Gasteiger partial charge in [-0.05, 0) is 6.08 Å². The first-order valence-corrected chi connectivity index (χ1v) is 2.92. The lowest BCUT2D eigenvalue weighted by atomic mass is 10.2. The van der Waals surface area contributed by atoms with Crippen molar-refractivity contribution < 1.29 is 15.3 Å². The van der Waals surface area contributed by atoms with Crippen molar-refractivity contribution in [3.63, 3.8) is 0 Å². The van der Waals surface area contributed by atoms with Crippen LogP contribution in [0.1, 0.15) is 0 Å². The zero-order valence-electron chi connectivity index (χ0n) is 4.53. The summed E-state index contributed by atoms with van der Waals surface area (Å²) in [4.78, 5) is 0. The summed E-state index contributed by atoms with van der Waals surface area (Å²) in [6.45, 7) is 0. The van der Waals surface area contributed by atoms with Gasteiger partial charge in [-0.3, -0.25) is 0 Å². The number of hydrogen-bond donors (Lipinski definition) is 3. The Kier molecular flexibility index (Phi) is 1.77. The lowest BCUT2D eigenvalue weighted by Crippen LogP contribution is -2.30. The Morgan fingerprint density at radius 3 is 2.00 bits per heavy atom. The molecule has 3 nitrogen and oxygen atoms in total. The summed E-state index contributed by atoms with van der Waals surface area (Å²) in [5.74, 6) is 0. The molecule has 0 radical (unpaired) electrons. The van der Waals surface area contributed by atoms with Crippen LogP contribution in [0.25, 0.3) is 0 Å². The van der Waals surface area contributed by atoms with Gasteiger partial charge in [-0.2, -0.15) is 0 Å². The maximum Gasteiger partial charge on any atom is 0.118 e. The molecule has 4 heteroatoms. The first kappa shape index (κ1) is 7.02. The molecule has 3 N–H and O–H groups in total. The molecule has 0 fully saturated rings. The zero-order valence-corrected chi connectivity index (χ0v) is 5.28. The summed E-state index contributed by atoms with van der Waals surface area (Å²) in [5.41, 5.74) is 0. The molecule has 0 bridgehead atoms. The molecule has 0 amide bonds. The van der Waals surface area contributed by atoms with Crippen molar-refractivity contribution in [2.45, 2.75) is 18.3 Å². The van der Waals surface area contributed by atoms with Crippen LogP contribution in [-0.4, -0.2) is 33.6 Å². The van der Waals surface area contributed by atoms with E-state index in [4.69, 9.17) is 26.9 Å². The topological polar surface area (TPSA) is 60.7 Å². The van der Waals surface area contributed by atoms with Gasteiger partial charge in [0.05, 0.1) is 0 Å². The molecule has 1 rings (SSSR count). The minimum absolute atomic E-state index is 0.106. The summed E-state index contributed by atoms with van der Waals surface area (Å²) in [5, 5.41) is 26.5. The normalized spacial score (nSPS) is 43.1. The van der Waals surface area contributed by atoms with E-state index >= 15 is 0 Å². The summed E-state index contributed by atoms with van der Waals surface area (Å²) in [6, 6.07) is 0. The maximum absolute atomic E-state index is 8.83. The fourth-order valence-electron chi connectivity index (χ4n) is 0.710. The molecule has 3 unspecified atom stereocenters. The Morgan fingerprint density at radius 1 is 1.33 bits per heavy atom. The molecule has 0 aromatic carbocycles. The predicted octanol–water partition coefficient (Wildman–Crippen LogP) is -0.795. The van der Waals surface area contributed by atoms with Gasteiger partial charge in [0.2, 0.25) is 0 Å². The fourth-order valence-corrected chi connectivity index (χ4v) is 0.968. The third-order valence-electron chi connectivity index (χ3n) is 1.29. The molecule has 1 aliphatic carbocycles. The quantitative estimate of drug-likeness (QED) is 0.424. The van der Waals surface area contributed by atoms with E-state index in [0.29, 0.717) is 0 Å². The average molecular weight is 151 g/mol. The minimum Gasteiger partial charge on any atom is -0.387 e. The van der Waals surface area contributed by atoms with Crippen molar-refractivity contribution in [2.75, 3.05) is 0 Å². The summed E-state index contributed by atoms with van der Waals surface area (Å²) >= 11 is 5.34. The number of hydrogen-bond acceptors (Lipinski definition) is 3. The highest BCUT2D eigenvalue weighted by Gasteiger charge is 2.32. The first-order valence-electron chi connectivity index (χ1n) is 2.54. The predicted molar refractivity (Wildman–Crippen MR) is 32.0 cm³/mol. The molecule has 0 aromatic rings. The lowest BCUT2D eigenvalue weighted by Gasteiger charge is -2.10. The van der Waals surface area contributed by atoms with Crippen molar-refractivity contribution in [1.82, 2.24) is 0 Å². The SMILES string of the molecule is OC1C=C(Cl)C(O)C1O. The largest absolute Gasteiger partial charge is 0.387 e. The minimum atomic E-state index is -1.16. The molecule has 1 aliphatic rings. The maximum atomic E-state index is 8.83. The van der Waals surface area contributed by atoms with E-state index in [2.05, 4.69) is 0 Å². The van der Waals surface area contributed by atoms with Crippen molar-refractivity contribution >= 4 is 11.6 Å². The molecule has 0 heterocycles. The number of halogens is 1. The summed E-state index contributed by atoms with van der Waals surface area (Å²) in [7, 11) is 0. The van der Waals surface area contributed by atoms with Gasteiger partial charge in [0, 0.05) is 5.03 Å². The molecular weight excluding hydrogens is 144 g/mol. The molecular formula is C5H7ClO3. The van der Waals surface area contributed by atoms with Crippen LogP contribution in [0.2, 0.25) is 0 Å². The van der Waals surface area contributed by atoms with E-state index in [1.165, 1.54) is 6.08 Å². The van der Waals surface area contributed by atoms with Crippen molar-refractivity contribution in [1.29, 1.82) is 0 Å². The highest BCUT2D eigenvalue weighted by Crippen LogP contribution is 2.22. The Morgan fingerprint density at radius 2 is 1.89 bits per heavy atom. The van der Waals surface area contributed by atoms with Crippen molar-refractivity contribution in [3.05, 3.63) is 11.1 Å². The second-order valence-corrected chi connectivity index (χ2v) is 2.41. The van der Waals surface area contributed by atoms with E-state index in [-0.39, 0.29) is 5.03 Å². The standard InChI is InChI=1S/C5H7ClO3/c6-2-1-3(7)5(9)4(2)8/h1,3-5,7-9H. The molecule has 0 saturated carbocycles. The van der Waals surface area contributed by atoms with Gasteiger partial charge >= 0.3 is 0 Å². The van der Waals surface area contributed by atoms with Crippen LogP contribution < -0.4 is 0 Å². The first-order chi connectivity index (χ1) is 4.13. The van der Waals surface area contributed by atoms with E-state index in [1.54, 1.807) is 0 Å². The van der Waals surface area contributed by atoms with Gasteiger partial charge in [-0.1, -0.05) is 11.6 Å². The van der Waals surface area contributed by atoms with Crippen LogP contribution >= 0.6 is 11.6 Å². The van der Waals surface area contributed by atoms with E-state index in [9.17, 15) is 0 Å². The van der Waals surface area contributed by atoms with Gasteiger partial charge in [0.25, 0.3) is 0 Å². The van der Waals surface area contributed by atoms with E-state index in [1.807, 2.05) is 0 Å². The summed E-state index contributed by atoms with van der Waals surface area (Å²) < 4.78 is 0. The fraction of sp³-hybridized carbons (Fsp3) is 0.600. The van der Waals surface area contributed by atoms with Crippen molar-refractivity contribution in [2.24, 2.45) is 0 Å². The molecule has 0 aliphatic heterocycles. The highest BCUT2D eigenvalue weighted by molar-refractivity contribution is 6.30. The van der Waals surface area contributed by atoms with Gasteiger partial charge in [0.1, 0.15) is 18.3 Å². The van der Waals surface area contributed by atoms with E-state index < -0.39 is 18.3 Å². The van der Waals surface area contributed by atoms with Gasteiger partial charge in [-0.25, -0.2) is 0 Å². The average Bonchev–Trinajstić information content (AvgIpc) is 1.98. The third-order valence-corrected chi connectivity index (χ3v) is 1.64. The van der Waals surface area contributed by atoms with E-state index in [0.717, 1.165) is 0 Å². The smallest absolute Gasteiger partial charge is 0.118 e.